The maximum Gasteiger partial charge on any atom is 0.242 e. The maximum absolute atomic E-state index is 11.7. The molecule has 2 unspecified atom stereocenters. The molecule has 4 heteroatoms. The third-order valence-corrected chi connectivity index (χ3v) is 2.59. The van der Waals surface area contributed by atoms with Crippen molar-refractivity contribution in [2.75, 3.05) is 6.54 Å². The zero-order chi connectivity index (χ0) is 12.0. The van der Waals surface area contributed by atoms with Gasteiger partial charge in [-0.15, -0.1) is 0 Å². The first kappa shape index (κ1) is 12.8. The van der Waals surface area contributed by atoms with Crippen LogP contribution in [0.15, 0.2) is 24.5 Å². The Morgan fingerprint density at radius 2 is 2.06 bits per heavy atom. The van der Waals surface area contributed by atoms with Crippen LogP contribution in [0, 0.1) is 0 Å². The number of hydrogen-bond acceptors (Lipinski definition) is 2. The number of rotatable bonds is 6. The highest BCUT2D eigenvalue weighted by Crippen LogP contribution is 2.05. The lowest BCUT2D eigenvalue weighted by molar-refractivity contribution is -0.124. The molecule has 0 aliphatic carbocycles. The van der Waals surface area contributed by atoms with Crippen molar-refractivity contribution in [2.45, 2.75) is 38.8 Å². The van der Waals surface area contributed by atoms with Crippen molar-refractivity contribution in [3.8, 4) is 0 Å². The van der Waals surface area contributed by atoms with Crippen LogP contribution in [-0.2, 0) is 4.79 Å². The summed E-state index contributed by atoms with van der Waals surface area (Å²) < 4.78 is 1.83. The number of carbonyl (C=O) groups excluding carboxylic acids is 1. The molecule has 1 rings (SSSR count). The first-order chi connectivity index (χ1) is 7.65. The molecule has 0 aliphatic heterocycles. The summed E-state index contributed by atoms with van der Waals surface area (Å²) in [6.45, 7) is 4.17. The van der Waals surface area contributed by atoms with E-state index < -0.39 is 6.10 Å². The van der Waals surface area contributed by atoms with Gasteiger partial charge in [-0.2, -0.15) is 0 Å². The van der Waals surface area contributed by atoms with Crippen LogP contribution < -0.4 is 5.32 Å². The highest BCUT2D eigenvalue weighted by molar-refractivity contribution is 5.79. The van der Waals surface area contributed by atoms with Crippen molar-refractivity contribution in [2.24, 2.45) is 0 Å². The lowest BCUT2D eigenvalue weighted by Gasteiger charge is -2.16. The molecule has 0 aromatic carbocycles. The summed E-state index contributed by atoms with van der Waals surface area (Å²) in [6, 6.07) is 3.54. The molecule has 0 saturated heterocycles. The zero-order valence-corrected chi connectivity index (χ0v) is 9.89. The topological polar surface area (TPSA) is 54.3 Å². The largest absolute Gasteiger partial charge is 0.391 e. The monoisotopic (exact) mass is 224 g/mol. The van der Waals surface area contributed by atoms with Crippen LogP contribution in [0.5, 0.6) is 0 Å². The van der Waals surface area contributed by atoms with Gasteiger partial charge in [-0.1, -0.05) is 13.3 Å². The predicted octanol–water partition coefficient (Wildman–Crippen LogP) is 1.33. The molecule has 1 heterocycles. The molecular weight excluding hydrogens is 204 g/mol. The van der Waals surface area contributed by atoms with E-state index >= 15 is 0 Å². The molecule has 0 bridgehead atoms. The van der Waals surface area contributed by atoms with Gasteiger partial charge >= 0.3 is 0 Å². The Bertz CT molecular complexity index is 309. The van der Waals surface area contributed by atoms with Gasteiger partial charge < -0.3 is 15.0 Å². The van der Waals surface area contributed by atoms with Crippen LogP contribution in [0.4, 0.5) is 0 Å². The fourth-order valence-corrected chi connectivity index (χ4v) is 1.54. The van der Waals surface area contributed by atoms with E-state index in [0.29, 0.717) is 6.54 Å². The van der Waals surface area contributed by atoms with E-state index in [1.165, 1.54) is 0 Å². The number of aliphatic hydroxyl groups excluding tert-OH is 1. The fourth-order valence-electron chi connectivity index (χ4n) is 1.54. The molecule has 90 valence electrons. The van der Waals surface area contributed by atoms with Crippen LogP contribution >= 0.6 is 0 Å². The van der Waals surface area contributed by atoms with Gasteiger partial charge in [0.1, 0.15) is 6.04 Å². The van der Waals surface area contributed by atoms with E-state index in [0.717, 1.165) is 12.8 Å². The van der Waals surface area contributed by atoms with Gasteiger partial charge in [-0.25, -0.2) is 0 Å². The third-order valence-electron chi connectivity index (χ3n) is 2.59. The first-order valence-corrected chi connectivity index (χ1v) is 5.73. The van der Waals surface area contributed by atoms with Gasteiger partial charge in [0.15, 0.2) is 0 Å². The second-order valence-electron chi connectivity index (χ2n) is 3.99. The fraction of sp³-hybridized carbons (Fsp3) is 0.583. The van der Waals surface area contributed by atoms with Crippen molar-refractivity contribution >= 4 is 5.91 Å². The van der Waals surface area contributed by atoms with Crippen LogP contribution in [0.25, 0.3) is 0 Å². The van der Waals surface area contributed by atoms with Crippen LogP contribution in [0.2, 0.25) is 0 Å². The Morgan fingerprint density at radius 3 is 2.62 bits per heavy atom. The summed E-state index contributed by atoms with van der Waals surface area (Å²) in [4.78, 5) is 11.7. The molecule has 0 radical (unpaired) electrons. The molecule has 4 nitrogen and oxygen atoms in total. The van der Waals surface area contributed by atoms with Gasteiger partial charge in [0, 0.05) is 18.9 Å². The van der Waals surface area contributed by atoms with Crippen molar-refractivity contribution in [1.82, 2.24) is 9.88 Å². The Labute approximate surface area is 96.3 Å². The number of aromatic nitrogens is 1. The molecule has 2 N–H and O–H groups in total. The SMILES string of the molecule is CCCC(O)CNC(=O)C(C)n1cccc1. The number of hydrogen-bond donors (Lipinski definition) is 2. The predicted molar refractivity (Wildman–Crippen MR) is 63.1 cm³/mol. The quantitative estimate of drug-likeness (QED) is 0.766. The molecule has 1 amide bonds. The van der Waals surface area contributed by atoms with Gasteiger partial charge in [0.25, 0.3) is 0 Å². The van der Waals surface area contributed by atoms with Gasteiger partial charge in [-0.05, 0) is 25.5 Å². The van der Waals surface area contributed by atoms with Gasteiger partial charge in [0.05, 0.1) is 6.10 Å². The number of nitrogens with zero attached hydrogens (tertiary/aromatic N) is 1. The third kappa shape index (κ3) is 3.70. The van der Waals surface area contributed by atoms with E-state index in [4.69, 9.17) is 0 Å². The second kappa shape index (κ2) is 6.33. The summed E-state index contributed by atoms with van der Waals surface area (Å²) in [7, 11) is 0. The summed E-state index contributed by atoms with van der Waals surface area (Å²) in [6.07, 6.45) is 4.91. The Hall–Kier alpha value is -1.29. The minimum absolute atomic E-state index is 0.0636. The first-order valence-electron chi connectivity index (χ1n) is 5.73. The summed E-state index contributed by atoms with van der Waals surface area (Å²) >= 11 is 0. The minimum atomic E-state index is -0.439. The lowest BCUT2D eigenvalue weighted by Crippen LogP contribution is -2.36. The normalized spacial score (nSPS) is 14.4. The van der Waals surface area contributed by atoms with Crippen LogP contribution in [0.3, 0.4) is 0 Å². The van der Waals surface area contributed by atoms with Gasteiger partial charge in [-0.3, -0.25) is 4.79 Å². The van der Waals surface area contributed by atoms with Crippen molar-refractivity contribution in [1.29, 1.82) is 0 Å². The molecule has 0 fully saturated rings. The van der Waals surface area contributed by atoms with Crippen molar-refractivity contribution in [3.63, 3.8) is 0 Å². The Balaban J connectivity index is 2.35. The lowest BCUT2D eigenvalue weighted by atomic mass is 10.2. The number of carbonyl (C=O) groups is 1. The van der Waals surface area contributed by atoms with E-state index in [2.05, 4.69) is 5.32 Å². The number of amides is 1. The molecule has 0 saturated carbocycles. The maximum atomic E-state index is 11.7. The van der Waals surface area contributed by atoms with E-state index in [9.17, 15) is 9.90 Å². The van der Waals surface area contributed by atoms with Crippen molar-refractivity contribution in [3.05, 3.63) is 24.5 Å². The highest BCUT2D eigenvalue weighted by Gasteiger charge is 2.14. The Kier molecular flexibility index (Phi) is 5.05. The molecule has 1 aromatic heterocycles. The van der Waals surface area contributed by atoms with Crippen LogP contribution in [-0.4, -0.2) is 28.2 Å². The summed E-state index contributed by atoms with van der Waals surface area (Å²) in [5.41, 5.74) is 0. The molecule has 0 spiro atoms. The molecule has 0 aliphatic rings. The average molecular weight is 224 g/mol. The van der Waals surface area contributed by atoms with Crippen LogP contribution in [0.1, 0.15) is 32.7 Å². The number of aliphatic hydroxyl groups is 1. The number of nitrogens with one attached hydrogen (secondary N) is 1. The summed E-state index contributed by atoms with van der Waals surface area (Å²) in [5.74, 6) is -0.0636. The van der Waals surface area contributed by atoms with Gasteiger partial charge in [0.2, 0.25) is 5.91 Å². The highest BCUT2D eigenvalue weighted by atomic mass is 16.3. The smallest absolute Gasteiger partial charge is 0.242 e. The van der Waals surface area contributed by atoms with Crippen molar-refractivity contribution < 1.29 is 9.90 Å². The summed E-state index contributed by atoms with van der Waals surface area (Å²) in [5, 5.41) is 12.2. The Morgan fingerprint density at radius 1 is 1.44 bits per heavy atom. The van der Waals surface area contributed by atoms with E-state index in [1.54, 1.807) is 0 Å². The minimum Gasteiger partial charge on any atom is -0.391 e. The van der Waals surface area contributed by atoms with E-state index in [-0.39, 0.29) is 11.9 Å². The second-order valence-corrected chi connectivity index (χ2v) is 3.99. The molecular formula is C12H20N2O2. The average Bonchev–Trinajstić information content (AvgIpc) is 2.78. The molecule has 2 atom stereocenters. The zero-order valence-electron chi connectivity index (χ0n) is 9.89. The molecule has 1 aromatic rings. The van der Waals surface area contributed by atoms with E-state index in [1.807, 2.05) is 42.9 Å². The standard InChI is InChI=1S/C12H20N2O2/c1-3-6-11(15)9-13-12(16)10(2)14-7-4-5-8-14/h4-5,7-8,10-11,15H,3,6,9H2,1-2H3,(H,13,16). The molecule has 16 heavy (non-hydrogen) atoms.